The van der Waals surface area contributed by atoms with Gasteiger partial charge in [-0.15, -0.1) is 0 Å². The third kappa shape index (κ3) is 2.64. The molecule has 0 radical (unpaired) electrons. The first-order valence-corrected chi connectivity index (χ1v) is 7.64. The van der Waals surface area contributed by atoms with Crippen LogP contribution in [0.25, 0.3) is 0 Å². The van der Waals surface area contributed by atoms with Crippen molar-refractivity contribution >= 4 is 23.3 Å². The van der Waals surface area contributed by atoms with Gasteiger partial charge in [0.2, 0.25) is 0 Å². The van der Waals surface area contributed by atoms with Crippen LogP contribution in [0.2, 0.25) is 5.02 Å². The molecule has 110 valence electrons. The van der Waals surface area contributed by atoms with Crippen molar-refractivity contribution in [2.24, 2.45) is 0 Å². The molecule has 0 unspecified atom stereocenters. The fraction of sp³-hybridized carbons (Fsp3) is 0.562. The second kappa shape index (κ2) is 6.04. The summed E-state index contributed by atoms with van der Waals surface area (Å²) in [6.07, 6.45) is 4.82. The van der Waals surface area contributed by atoms with E-state index in [9.17, 15) is 9.90 Å². The number of carboxylic acids is 1. The van der Waals surface area contributed by atoms with E-state index in [1.165, 1.54) is 25.7 Å². The molecule has 3 nitrogen and oxygen atoms in total. The number of nitrogens with zero attached hydrogens (tertiary/aromatic N) is 1. The standard InChI is InChI=1S/C16H22ClNO2/c1-4-18(12-7-5-6-8-12)15-11(3)13(16(19)20)9-10(2)14(15)17/h9,12H,4-8H2,1-3H3,(H,19,20). The summed E-state index contributed by atoms with van der Waals surface area (Å²) in [6.45, 7) is 6.70. The number of aryl methyl sites for hydroxylation is 1. The molecular weight excluding hydrogens is 274 g/mol. The number of hydrogen-bond donors (Lipinski definition) is 1. The number of carboxylic acid groups (broad SMARTS) is 1. The molecule has 1 aromatic rings. The SMILES string of the molecule is CCN(c1c(C)c(C(=O)O)cc(C)c1Cl)C1CCCC1. The first-order chi connectivity index (χ1) is 9.47. The van der Waals surface area contributed by atoms with Gasteiger partial charge >= 0.3 is 5.97 Å². The Morgan fingerprint density at radius 3 is 2.50 bits per heavy atom. The van der Waals surface area contributed by atoms with Crippen molar-refractivity contribution in [1.29, 1.82) is 0 Å². The lowest BCUT2D eigenvalue weighted by Crippen LogP contribution is -2.34. The van der Waals surface area contributed by atoms with Gasteiger partial charge < -0.3 is 10.0 Å². The van der Waals surface area contributed by atoms with Crippen molar-refractivity contribution in [1.82, 2.24) is 0 Å². The molecule has 20 heavy (non-hydrogen) atoms. The number of carbonyl (C=O) groups is 1. The van der Waals surface area contributed by atoms with E-state index in [1.807, 2.05) is 13.8 Å². The number of halogens is 1. The Morgan fingerprint density at radius 2 is 2.00 bits per heavy atom. The topological polar surface area (TPSA) is 40.5 Å². The van der Waals surface area contributed by atoms with Gasteiger partial charge in [-0.1, -0.05) is 24.4 Å². The minimum Gasteiger partial charge on any atom is -0.478 e. The molecular formula is C16H22ClNO2. The van der Waals surface area contributed by atoms with Crippen LogP contribution in [-0.4, -0.2) is 23.7 Å². The van der Waals surface area contributed by atoms with Crippen molar-refractivity contribution in [3.8, 4) is 0 Å². The summed E-state index contributed by atoms with van der Waals surface area (Å²) in [5.41, 5.74) is 2.89. The van der Waals surface area contributed by atoms with Crippen molar-refractivity contribution in [3.05, 3.63) is 27.8 Å². The smallest absolute Gasteiger partial charge is 0.336 e. The molecule has 4 heteroatoms. The first-order valence-electron chi connectivity index (χ1n) is 7.27. The summed E-state index contributed by atoms with van der Waals surface area (Å²) >= 11 is 6.49. The van der Waals surface area contributed by atoms with E-state index in [2.05, 4.69) is 11.8 Å². The predicted octanol–water partition coefficient (Wildman–Crippen LogP) is 4.42. The zero-order valence-corrected chi connectivity index (χ0v) is 13.1. The summed E-state index contributed by atoms with van der Waals surface area (Å²) < 4.78 is 0. The highest BCUT2D eigenvalue weighted by molar-refractivity contribution is 6.34. The second-order valence-corrected chi connectivity index (χ2v) is 5.94. The van der Waals surface area contributed by atoms with Crippen LogP contribution in [0.1, 0.15) is 54.1 Å². The van der Waals surface area contributed by atoms with Gasteiger partial charge in [-0.05, 0) is 50.8 Å². The summed E-state index contributed by atoms with van der Waals surface area (Å²) in [5.74, 6) is -0.883. The highest BCUT2D eigenvalue weighted by Gasteiger charge is 2.27. The zero-order chi connectivity index (χ0) is 14.9. The van der Waals surface area contributed by atoms with Gasteiger partial charge in [0, 0.05) is 12.6 Å². The molecule has 1 N–H and O–H groups in total. The Hall–Kier alpha value is -1.22. The van der Waals surface area contributed by atoms with Crippen LogP contribution in [-0.2, 0) is 0 Å². The summed E-state index contributed by atoms with van der Waals surface area (Å²) in [7, 11) is 0. The summed E-state index contributed by atoms with van der Waals surface area (Å²) in [4.78, 5) is 13.7. The Bertz CT molecular complexity index is 522. The number of aromatic carboxylic acids is 1. The largest absolute Gasteiger partial charge is 0.478 e. The normalized spacial score (nSPS) is 15.6. The molecule has 1 aliphatic carbocycles. The lowest BCUT2D eigenvalue weighted by atomic mass is 10.0. The molecule has 1 aliphatic rings. The number of anilines is 1. The molecule has 0 bridgehead atoms. The number of rotatable bonds is 4. The maximum atomic E-state index is 11.4. The molecule has 1 saturated carbocycles. The van der Waals surface area contributed by atoms with Crippen molar-refractivity contribution in [2.45, 2.75) is 52.5 Å². The lowest BCUT2D eigenvalue weighted by molar-refractivity contribution is 0.0696. The molecule has 2 rings (SSSR count). The van der Waals surface area contributed by atoms with E-state index in [0.717, 1.165) is 23.4 Å². The summed E-state index contributed by atoms with van der Waals surface area (Å²) in [6, 6.07) is 2.16. The van der Waals surface area contributed by atoms with E-state index in [-0.39, 0.29) is 0 Å². The minimum absolute atomic E-state index is 0.360. The van der Waals surface area contributed by atoms with Crippen molar-refractivity contribution < 1.29 is 9.90 Å². The van der Waals surface area contributed by atoms with Crippen LogP contribution >= 0.6 is 11.6 Å². The Kier molecular flexibility index (Phi) is 4.59. The first kappa shape index (κ1) is 15.2. The maximum Gasteiger partial charge on any atom is 0.336 e. The fourth-order valence-corrected chi connectivity index (χ4v) is 3.55. The van der Waals surface area contributed by atoms with Crippen LogP contribution in [0.3, 0.4) is 0 Å². The average molecular weight is 296 g/mol. The Labute approximate surface area is 125 Å². The van der Waals surface area contributed by atoms with Crippen LogP contribution in [0.15, 0.2) is 6.07 Å². The number of hydrogen-bond acceptors (Lipinski definition) is 2. The van der Waals surface area contributed by atoms with E-state index in [0.29, 0.717) is 16.6 Å². The van der Waals surface area contributed by atoms with Crippen LogP contribution < -0.4 is 4.90 Å². The molecule has 0 saturated heterocycles. The molecule has 0 aliphatic heterocycles. The lowest BCUT2D eigenvalue weighted by Gasteiger charge is -2.33. The zero-order valence-electron chi connectivity index (χ0n) is 12.4. The van der Waals surface area contributed by atoms with Crippen LogP contribution in [0.5, 0.6) is 0 Å². The van der Waals surface area contributed by atoms with Gasteiger partial charge in [0.15, 0.2) is 0 Å². The molecule has 1 fully saturated rings. The van der Waals surface area contributed by atoms with Crippen molar-refractivity contribution in [2.75, 3.05) is 11.4 Å². The van der Waals surface area contributed by atoms with Gasteiger partial charge in [0.1, 0.15) is 0 Å². The average Bonchev–Trinajstić information content (AvgIpc) is 2.92. The Balaban J connectivity index is 2.55. The van der Waals surface area contributed by atoms with Gasteiger partial charge in [-0.3, -0.25) is 0 Å². The van der Waals surface area contributed by atoms with Gasteiger partial charge in [-0.2, -0.15) is 0 Å². The quantitative estimate of drug-likeness (QED) is 0.893. The third-order valence-corrected chi connectivity index (χ3v) is 4.78. The fourth-order valence-electron chi connectivity index (χ4n) is 3.25. The molecule has 0 atom stereocenters. The predicted molar refractivity (Wildman–Crippen MR) is 83.2 cm³/mol. The molecule has 0 amide bonds. The van der Waals surface area contributed by atoms with Gasteiger partial charge in [0.25, 0.3) is 0 Å². The van der Waals surface area contributed by atoms with Crippen molar-refractivity contribution in [3.63, 3.8) is 0 Å². The summed E-state index contributed by atoms with van der Waals surface area (Å²) in [5, 5.41) is 10.1. The highest BCUT2D eigenvalue weighted by Crippen LogP contribution is 2.38. The second-order valence-electron chi connectivity index (χ2n) is 5.56. The van der Waals surface area contributed by atoms with E-state index in [4.69, 9.17) is 11.6 Å². The molecule has 0 heterocycles. The third-order valence-electron chi connectivity index (χ3n) is 4.30. The van der Waals surface area contributed by atoms with E-state index >= 15 is 0 Å². The van der Waals surface area contributed by atoms with Gasteiger partial charge in [0.05, 0.1) is 16.3 Å². The van der Waals surface area contributed by atoms with E-state index in [1.54, 1.807) is 6.07 Å². The maximum absolute atomic E-state index is 11.4. The van der Waals surface area contributed by atoms with E-state index < -0.39 is 5.97 Å². The molecule has 0 spiro atoms. The Morgan fingerprint density at radius 1 is 1.40 bits per heavy atom. The monoisotopic (exact) mass is 295 g/mol. The van der Waals surface area contributed by atoms with Crippen LogP contribution in [0, 0.1) is 13.8 Å². The molecule has 0 aromatic heterocycles. The molecule has 1 aromatic carbocycles. The highest BCUT2D eigenvalue weighted by atomic mass is 35.5. The van der Waals surface area contributed by atoms with Crippen LogP contribution in [0.4, 0.5) is 5.69 Å². The number of benzene rings is 1. The van der Waals surface area contributed by atoms with Gasteiger partial charge in [-0.25, -0.2) is 4.79 Å². The minimum atomic E-state index is -0.883.